The van der Waals surface area contributed by atoms with Gasteiger partial charge in [0.2, 0.25) is 0 Å². The third-order valence-electron chi connectivity index (χ3n) is 2.50. The van der Waals surface area contributed by atoms with Gasteiger partial charge in [0.05, 0.1) is 0 Å². The van der Waals surface area contributed by atoms with Gasteiger partial charge in [-0.3, -0.25) is 15.1 Å². The second-order valence-corrected chi connectivity index (χ2v) is 4.25. The lowest BCUT2D eigenvalue weighted by molar-refractivity contribution is -0.114. The van der Waals surface area contributed by atoms with Crippen LogP contribution < -0.4 is 10.6 Å². The van der Waals surface area contributed by atoms with Crippen LogP contribution in [-0.4, -0.2) is 63.3 Å². The van der Waals surface area contributed by atoms with E-state index in [4.69, 9.17) is 0 Å². The molecular formula is C11H21N5O. The Morgan fingerprint density at radius 2 is 2.35 bits per heavy atom. The van der Waals surface area contributed by atoms with Crippen molar-refractivity contribution in [3.05, 3.63) is 0 Å². The number of amides is 1. The van der Waals surface area contributed by atoms with Gasteiger partial charge in [-0.05, 0) is 33.6 Å². The smallest absolute Gasteiger partial charge is 0.265 e. The number of nitrogens with zero attached hydrogens (tertiary/aromatic N) is 3. The Hall–Kier alpha value is -1.27. The molecule has 17 heavy (non-hydrogen) atoms. The normalized spacial score (nSPS) is 19.3. The monoisotopic (exact) mass is 239 g/mol. The van der Waals surface area contributed by atoms with Gasteiger partial charge in [-0.1, -0.05) is 0 Å². The molecule has 0 saturated carbocycles. The van der Waals surface area contributed by atoms with Crippen LogP contribution in [0.1, 0.15) is 12.8 Å². The number of carbonyl (C=O) groups is 1. The Bertz CT molecular complexity index is 311. The van der Waals surface area contributed by atoms with E-state index in [2.05, 4.69) is 39.6 Å². The van der Waals surface area contributed by atoms with E-state index in [1.54, 1.807) is 7.05 Å². The molecule has 1 amide bonds. The predicted molar refractivity (Wildman–Crippen MR) is 69.6 cm³/mol. The van der Waals surface area contributed by atoms with Crippen LogP contribution in [0.4, 0.5) is 0 Å². The molecule has 0 aromatic carbocycles. The molecule has 6 nitrogen and oxygen atoms in total. The van der Waals surface area contributed by atoms with Crippen molar-refractivity contribution in [1.82, 2.24) is 15.5 Å². The minimum absolute atomic E-state index is 0.0260. The summed E-state index contributed by atoms with van der Waals surface area (Å²) in [6, 6.07) is 0. The third kappa shape index (κ3) is 5.06. The summed E-state index contributed by atoms with van der Waals surface area (Å²) in [4.78, 5) is 21.7. The van der Waals surface area contributed by atoms with Crippen LogP contribution in [0.5, 0.6) is 0 Å². The first-order chi connectivity index (χ1) is 8.13. The fourth-order valence-corrected chi connectivity index (χ4v) is 1.56. The highest BCUT2D eigenvalue weighted by Gasteiger charge is 2.17. The van der Waals surface area contributed by atoms with Crippen LogP contribution in [-0.2, 0) is 4.79 Å². The highest BCUT2D eigenvalue weighted by molar-refractivity contribution is 6.40. The van der Waals surface area contributed by atoms with E-state index >= 15 is 0 Å². The number of hydrogen-bond acceptors (Lipinski definition) is 5. The molecule has 1 unspecified atom stereocenters. The number of hydrogen-bond donors (Lipinski definition) is 2. The summed E-state index contributed by atoms with van der Waals surface area (Å²) < 4.78 is 0. The summed E-state index contributed by atoms with van der Waals surface area (Å²) in [5, 5.41) is 5.87. The van der Waals surface area contributed by atoms with E-state index in [1.165, 1.54) is 6.34 Å². The van der Waals surface area contributed by atoms with Crippen LogP contribution in [0.3, 0.4) is 0 Å². The molecule has 0 spiro atoms. The van der Waals surface area contributed by atoms with E-state index in [9.17, 15) is 4.79 Å². The van der Waals surface area contributed by atoms with Gasteiger partial charge in [-0.25, -0.2) is 4.99 Å². The molecule has 0 aromatic rings. The maximum atomic E-state index is 11.4. The molecule has 1 atom stereocenters. The van der Waals surface area contributed by atoms with Crippen molar-refractivity contribution in [2.45, 2.75) is 19.0 Å². The molecular weight excluding hydrogens is 218 g/mol. The average Bonchev–Trinajstić information content (AvgIpc) is 2.34. The Morgan fingerprint density at radius 3 is 3.00 bits per heavy atom. The molecule has 2 N–H and O–H groups in total. The molecule has 0 saturated heterocycles. The summed E-state index contributed by atoms with van der Waals surface area (Å²) >= 11 is 0. The van der Waals surface area contributed by atoms with Crippen molar-refractivity contribution in [3.8, 4) is 0 Å². The minimum Gasteiger partial charge on any atom is -0.354 e. The van der Waals surface area contributed by atoms with Crippen molar-refractivity contribution < 1.29 is 4.79 Å². The third-order valence-corrected chi connectivity index (χ3v) is 2.50. The Labute approximate surface area is 102 Å². The molecule has 1 rings (SSSR count). The number of aliphatic imine (C=N–C) groups is 2. The quantitative estimate of drug-likeness (QED) is 0.612. The summed E-state index contributed by atoms with van der Waals surface area (Å²) in [5.41, 5.74) is 0.535. The number of nitrogens with one attached hydrogen (secondary N) is 2. The van der Waals surface area contributed by atoms with Crippen LogP contribution in [0, 0.1) is 0 Å². The van der Waals surface area contributed by atoms with Gasteiger partial charge >= 0.3 is 0 Å². The summed E-state index contributed by atoms with van der Waals surface area (Å²) in [7, 11) is 5.71. The Kier molecular flexibility index (Phi) is 5.79. The zero-order valence-corrected chi connectivity index (χ0v) is 10.7. The van der Waals surface area contributed by atoms with Crippen LogP contribution in [0.2, 0.25) is 0 Å². The number of carbonyl (C=O) groups excluding carboxylic acids is 1. The van der Waals surface area contributed by atoms with Crippen molar-refractivity contribution in [2.75, 3.05) is 34.2 Å². The van der Waals surface area contributed by atoms with Crippen molar-refractivity contribution in [2.24, 2.45) is 9.98 Å². The molecule has 1 aliphatic rings. The molecule has 0 aliphatic carbocycles. The SMILES string of the molecule is CNC(=O)C1=NC=NC(NCCCN(C)C)C1. The van der Waals surface area contributed by atoms with Crippen LogP contribution in [0.25, 0.3) is 0 Å². The summed E-state index contributed by atoms with van der Waals surface area (Å²) in [6.07, 6.45) is 3.04. The fraction of sp³-hybridized carbons (Fsp3) is 0.727. The largest absolute Gasteiger partial charge is 0.354 e. The van der Waals surface area contributed by atoms with E-state index in [0.717, 1.165) is 19.5 Å². The second-order valence-electron chi connectivity index (χ2n) is 4.25. The van der Waals surface area contributed by atoms with Crippen molar-refractivity contribution in [1.29, 1.82) is 0 Å². The highest BCUT2D eigenvalue weighted by Crippen LogP contribution is 2.02. The van der Waals surface area contributed by atoms with Gasteiger partial charge in [0.15, 0.2) is 0 Å². The molecule has 0 fully saturated rings. The van der Waals surface area contributed by atoms with Gasteiger partial charge in [0.25, 0.3) is 5.91 Å². The second kappa shape index (κ2) is 7.13. The van der Waals surface area contributed by atoms with Crippen LogP contribution >= 0.6 is 0 Å². The molecule has 0 aromatic heterocycles. The van der Waals surface area contributed by atoms with Gasteiger partial charge < -0.3 is 10.2 Å². The zero-order valence-electron chi connectivity index (χ0n) is 10.7. The van der Waals surface area contributed by atoms with Gasteiger partial charge in [0, 0.05) is 13.5 Å². The van der Waals surface area contributed by atoms with E-state index in [0.29, 0.717) is 12.1 Å². The first-order valence-corrected chi connectivity index (χ1v) is 5.82. The lowest BCUT2D eigenvalue weighted by Gasteiger charge is -2.18. The Morgan fingerprint density at radius 1 is 1.59 bits per heavy atom. The molecule has 6 heteroatoms. The van der Waals surface area contributed by atoms with E-state index in [-0.39, 0.29) is 12.1 Å². The first kappa shape index (κ1) is 13.8. The minimum atomic E-state index is -0.128. The zero-order chi connectivity index (χ0) is 12.7. The Balaban J connectivity index is 2.27. The molecule has 0 bridgehead atoms. The van der Waals surface area contributed by atoms with Gasteiger partial charge in [0.1, 0.15) is 18.2 Å². The van der Waals surface area contributed by atoms with Gasteiger partial charge in [-0.2, -0.15) is 0 Å². The van der Waals surface area contributed by atoms with E-state index < -0.39 is 0 Å². The highest BCUT2D eigenvalue weighted by atomic mass is 16.1. The van der Waals surface area contributed by atoms with Crippen LogP contribution in [0.15, 0.2) is 9.98 Å². The topological polar surface area (TPSA) is 69.1 Å². The van der Waals surface area contributed by atoms with E-state index in [1.807, 2.05) is 0 Å². The molecule has 96 valence electrons. The number of rotatable bonds is 6. The fourth-order valence-electron chi connectivity index (χ4n) is 1.56. The standard InChI is InChI=1S/C11H21N5O/c1-12-11(17)9-7-10(15-8-14-9)13-5-4-6-16(2)3/h8,10,13H,4-7H2,1-3H3,(H,12,17). The van der Waals surface area contributed by atoms with Gasteiger partial charge in [-0.15, -0.1) is 0 Å². The average molecular weight is 239 g/mol. The lowest BCUT2D eigenvalue weighted by Crippen LogP contribution is -2.38. The maximum absolute atomic E-state index is 11.4. The lowest BCUT2D eigenvalue weighted by atomic mass is 10.2. The molecule has 1 aliphatic heterocycles. The van der Waals surface area contributed by atoms with Crippen molar-refractivity contribution >= 4 is 18.0 Å². The molecule has 1 heterocycles. The van der Waals surface area contributed by atoms with Crippen molar-refractivity contribution in [3.63, 3.8) is 0 Å². The maximum Gasteiger partial charge on any atom is 0.265 e. The summed E-state index contributed by atoms with van der Waals surface area (Å²) in [5.74, 6) is -0.128. The predicted octanol–water partition coefficient (Wildman–Crippen LogP) is -0.527. The molecule has 0 radical (unpaired) electrons. The first-order valence-electron chi connectivity index (χ1n) is 5.82. The summed E-state index contributed by atoms with van der Waals surface area (Å²) in [6.45, 7) is 1.93.